The van der Waals surface area contributed by atoms with Crippen molar-refractivity contribution in [2.75, 3.05) is 5.32 Å². The first-order valence-corrected chi connectivity index (χ1v) is 11.1. The van der Waals surface area contributed by atoms with Crippen LogP contribution in [0.15, 0.2) is 64.6 Å². The molecule has 2 N–H and O–H groups in total. The van der Waals surface area contributed by atoms with E-state index in [1.807, 2.05) is 35.1 Å². The quantitative estimate of drug-likeness (QED) is 0.523. The standard InChI is InChI=1S/C18H18N6O4S2/c1-12(29-18-20-22-23-24(18)15-6-4-3-5-7-15)17(26)19-14-8-10-16(11-9-14)30(27,28)21-13(2)25/h3-12H,1-2H3,(H,19,26)(H,21,25). The number of carbonyl (C=O) groups is 2. The molecule has 0 saturated carbocycles. The Morgan fingerprint density at radius 2 is 1.73 bits per heavy atom. The lowest BCUT2D eigenvalue weighted by Crippen LogP contribution is -2.28. The summed E-state index contributed by atoms with van der Waals surface area (Å²) >= 11 is 1.18. The Balaban J connectivity index is 1.66. The lowest BCUT2D eigenvalue weighted by molar-refractivity contribution is -0.117. The van der Waals surface area contributed by atoms with Gasteiger partial charge in [-0.05, 0) is 53.7 Å². The summed E-state index contributed by atoms with van der Waals surface area (Å²) in [6, 6.07) is 14.8. The van der Waals surface area contributed by atoms with Crippen LogP contribution < -0.4 is 10.0 Å². The first kappa shape index (κ1) is 21.5. The largest absolute Gasteiger partial charge is 0.325 e. The van der Waals surface area contributed by atoms with E-state index in [0.717, 1.165) is 12.6 Å². The molecule has 12 heteroatoms. The molecule has 2 aromatic carbocycles. The van der Waals surface area contributed by atoms with Crippen molar-refractivity contribution in [1.82, 2.24) is 24.9 Å². The third kappa shape index (κ3) is 5.21. The predicted octanol–water partition coefficient (Wildman–Crippen LogP) is 1.61. The zero-order valence-electron chi connectivity index (χ0n) is 16.0. The second-order valence-electron chi connectivity index (χ2n) is 6.14. The molecule has 1 atom stereocenters. The van der Waals surface area contributed by atoms with E-state index in [4.69, 9.17) is 0 Å². The maximum atomic E-state index is 12.5. The van der Waals surface area contributed by atoms with Crippen LogP contribution in [0.4, 0.5) is 5.69 Å². The minimum Gasteiger partial charge on any atom is -0.325 e. The van der Waals surface area contributed by atoms with Gasteiger partial charge in [-0.15, -0.1) is 5.10 Å². The minimum absolute atomic E-state index is 0.0832. The molecule has 3 aromatic rings. The van der Waals surface area contributed by atoms with Crippen LogP contribution in [0.2, 0.25) is 0 Å². The Kier molecular flexibility index (Phi) is 6.47. The van der Waals surface area contributed by atoms with E-state index in [-0.39, 0.29) is 10.8 Å². The molecule has 0 spiro atoms. The van der Waals surface area contributed by atoms with Crippen molar-refractivity contribution in [2.45, 2.75) is 29.1 Å². The summed E-state index contributed by atoms with van der Waals surface area (Å²) in [5, 5.41) is 14.2. The number of nitrogens with one attached hydrogen (secondary N) is 2. The molecule has 10 nitrogen and oxygen atoms in total. The number of benzene rings is 2. The van der Waals surface area contributed by atoms with Crippen LogP contribution in [-0.4, -0.2) is 45.7 Å². The van der Waals surface area contributed by atoms with Crippen molar-refractivity contribution >= 4 is 39.3 Å². The predicted molar refractivity (Wildman–Crippen MR) is 111 cm³/mol. The molecule has 0 aliphatic rings. The number of tetrazole rings is 1. The van der Waals surface area contributed by atoms with Crippen LogP contribution >= 0.6 is 11.8 Å². The molecule has 2 amide bonds. The summed E-state index contributed by atoms with van der Waals surface area (Å²) in [5.74, 6) is -0.990. The van der Waals surface area contributed by atoms with E-state index in [1.165, 1.54) is 40.7 Å². The number of nitrogens with zero attached hydrogens (tertiary/aromatic N) is 4. The van der Waals surface area contributed by atoms with Gasteiger partial charge in [0.2, 0.25) is 17.0 Å². The number of hydrogen-bond donors (Lipinski definition) is 2. The second kappa shape index (κ2) is 9.05. The Bertz CT molecular complexity index is 1150. The fourth-order valence-corrected chi connectivity index (χ4v) is 4.20. The van der Waals surface area contributed by atoms with Crippen molar-refractivity contribution in [2.24, 2.45) is 0 Å². The number of anilines is 1. The number of aromatic nitrogens is 4. The van der Waals surface area contributed by atoms with Gasteiger partial charge >= 0.3 is 0 Å². The maximum Gasteiger partial charge on any atom is 0.264 e. The Labute approximate surface area is 177 Å². The number of hydrogen-bond acceptors (Lipinski definition) is 8. The summed E-state index contributed by atoms with van der Waals surface area (Å²) < 4.78 is 27.4. The van der Waals surface area contributed by atoms with Gasteiger partial charge in [0.05, 0.1) is 15.8 Å². The Morgan fingerprint density at radius 1 is 1.07 bits per heavy atom. The van der Waals surface area contributed by atoms with Gasteiger partial charge in [0.15, 0.2) is 0 Å². The topological polar surface area (TPSA) is 136 Å². The fraction of sp³-hybridized carbons (Fsp3) is 0.167. The molecule has 1 aromatic heterocycles. The second-order valence-corrected chi connectivity index (χ2v) is 9.13. The zero-order chi connectivity index (χ0) is 21.7. The van der Waals surface area contributed by atoms with E-state index in [2.05, 4.69) is 20.8 Å². The molecule has 1 unspecified atom stereocenters. The summed E-state index contributed by atoms with van der Waals surface area (Å²) in [7, 11) is -3.93. The SMILES string of the molecule is CC(=O)NS(=O)(=O)c1ccc(NC(=O)C(C)Sc2nnnn2-c2ccccc2)cc1. The number of thioether (sulfide) groups is 1. The van der Waals surface area contributed by atoms with Gasteiger partial charge in [-0.3, -0.25) is 9.59 Å². The van der Waals surface area contributed by atoms with E-state index in [1.54, 1.807) is 6.92 Å². The third-order valence-electron chi connectivity index (χ3n) is 3.80. The van der Waals surface area contributed by atoms with E-state index < -0.39 is 21.2 Å². The zero-order valence-corrected chi connectivity index (χ0v) is 17.6. The highest BCUT2D eigenvalue weighted by molar-refractivity contribution is 8.00. The van der Waals surface area contributed by atoms with Crippen molar-refractivity contribution in [3.63, 3.8) is 0 Å². The van der Waals surface area contributed by atoms with Crippen molar-refractivity contribution < 1.29 is 18.0 Å². The minimum atomic E-state index is -3.93. The number of sulfonamides is 1. The molecule has 0 fully saturated rings. The van der Waals surface area contributed by atoms with Gasteiger partial charge in [-0.2, -0.15) is 4.68 Å². The lowest BCUT2D eigenvalue weighted by Gasteiger charge is -2.12. The van der Waals surface area contributed by atoms with Crippen LogP contribution in [0.5, 0.6) is 0 Å². The van der Waals surface area contributed by atoms with Crippen molar-refractivity contribution in [3.8, 4) is 5.69 Å². The third-order valence-corrected chi connectivity index (χ3v) is 6.29. The van der Waals surface area contributed by atoms with Gasteiger partial charge in [0.25, 0.3) is 10.0 Å². The highest BCUT2D eigenvalue weighted by Crippen LogP contribution is 2.24. The molecule has 1 heterocycles. The van der Waals surface area contributed by atoms with Crippen LogP contribution in [-0.2, 0) is 19.6 Å². The highest BCUT2D eigenvalue weighted by Gasteiger charge is 2.20. The van der Waals surface area contributed by atoms with Gasteiger partial charge in [-0.1, -0.05) is 30.0 Å². The molecule has 0 aliphatic heterocycles. The fourth-order valence-electron chi connectivity index (χ4n) is 2.40. The van der Waals surface area contributed by atoms with Gasteiger partial charge in [0.1, 0.15) is 0 Å². The van der Waals surface area contributed by atoms with E-state index >= 15 is 0 Å². The Hall–Kier alpha value is -3.25. The molecular weight excluding hydrogens is 428 g/mol. The maximum absolute atomic E-state index is 12.5. The van der Waals surface area contributed by atoms with Crippen LogP contribution in [0.25, 0.3) is 5.69 Å². The molecule has 0 bridgehead atoms. The molecule has 30 heavy (non-hydrogen) atoms. The first-order chi connectivity index (χ1) is 14.3. The summed E-state index contributed by atoms with van der Waals surface area (Å²) in [6.45, 7) is 2.82. The average Bonchev–Trinajstić information content (AvgIpc) is 3.16. The first-order valence-electron chi connectivity index (χ1n) is 8.71. The summed E-state index contributed by atoms with van der Waals surface area (Å²) in [4.78, 5) is 23.4. The van der Waals surface area contributed by atoms with Crippen molar-refractivity contribution in [3.05, 3.63) is 54.6 Å². The summed E-state index contributed by atoms with van der Waals surface area (Å²) in [5.41, 5.74) is 1.19. The lowest BCUT2D eigenvalue weighted by atomic mass is 10.3. The van der Waals surface area contributed by atoms with Gasteiger partial charge in [0, 0.05) is 12.6 Å². The van der Waals surface area contributed by atoms with Crippen LogP contribution in [0.3, 0.4) is 0 Å². The monoisotopic (exact) mass is 446 g/mol. The number of carbonyl (C=O) groups excluding carboxylic acids is 2. The van der Waals surface area contributed by atoms with Crippen LogP contribution in [0.1, 0.15) is 13.8 Å². The Morgan fingerprint density at radius 3 is 2.37 bits per heavy atom. The number of para-hydroxylation sites is 1. The smallest absolute Gasteiger partial charge is 0.264 e. The highest BCUT2D eigenvalue weighted by atomic mass is 32.2. The number of amides is 2. The normalized spacial score (nSPS) is 12.2. The van der Waals surface area contributed by atoms with Gasteiger partial charge < -0.3 is 5.32 Å². The molecule has 0 aliphatic carbocycles. The number of rotatable bonds is 7. The summed E-state index contributed by atoms with van der Waals surface area (Å²) in [6.07, 6.45) is 0. The molecular formula is C18H18N6O4S2. The van der Waals surface area contributed by atoms with Crippen LogP contribution in [0, 0.1) is 0 Å². The molecule has 0 saturated heterocycles. The average molecular weight is 447 g/mol. The molecule has 0 radical (unpaired) electrons. The van der Waals surface area contributed by atoms with Crippen molar-refractivity contribution in [1.29, 1.82) is 0 Å². The molecule has 156 valence electrons. The van der Waals surface area contributed by atoms with E-state index in [9.17, 15) is 18.0 Å². The molecule has 3 rings (SSSR count). The van der Waals surface area contributed by atoms with E-state index in [0.29, 0.717) is 10.8 Å². The van der Waals surface area contributed by atoms with Gasteiger partial charge in [-0.25, -0.2) is 13.1 Å².